The third kappa shape index (κ3) is 3.27. The predicted molar refractivity (Wildman–Crippen MR) is 80.0 cm³/mol. The zero-order chi connectivity index (χ0) is 15.2. The Morgan fingerprint density at radius 2 is 2.05 bits per heavy atom. The van der Waals surface area contributed by atoms with E-state index in [0.29, 0.717) is 16.1 Å². The van der Waals surface area contributed by atoms with Gasteiger partial charge in [-0.25, -0.2) is 4.79 Å². The van der Waals surface area contributed by atoms with Crippen LogP contribution in [0.2, 0.25) is 0 Å². The van der Waals surface area contributed by atoms with Gasteiger partial charge < -0.3 is 10.1 Å². The van der Waals surface area contributed by atoms with Crippen LogP contribution >= 0.6 is 11.3 Å². The number of amides is 1. The molecule has 21 heavy (non-hydrogen) atoms. The van der Waals surface area contributed by atoms with E-state index >= 15 is 0 Å². The van der Waals surface area contributed by atoms with E-state index in [9.17, 15) is 9.59 Å². The van der Waals surface area contributed by atoms with Gasteiger partial charge in [-0.1, -0.05) is 30.3 Å². The molecule has 0 fully saturated rings. The maximum Gasteiger partial charge on any atom is 0.341 e. The van der Waals surface area contributed by atoms with Gasteiger partial charge in [-0.3, -0.25) is 4.79 Å². The molecular weight excluding hydrogens is 288 g/mol. The van der Waals surface area contributed by atoms with Crippen molar-refractivity contribution in [3.8, 4) is 17.2 Å². The largest absolute Gasteiger partial charge is 0.465 e. The lowest BCUT2D eigenvalue weighted by Gasteiger charge is -2.06. The molecule has 0 saturated heterocycles. The summed E-state index contributed by atoms with van der Waals surface area (Å²) in [6, 6.07) is 11.1. The van der Waals surface area contributed by atoms with Gasteiger partial charge in [-0.05, 0) is 5.56 Å². The fraction of sp³-hybridized carbons (Fsp3) is 0.133. The van der Waals surface area contributed by atoms with Crippen molar-refractivity contribution < 1.29 is 14.3 Å². The first-order chi connectivity index (χ1) is 10.2. The number of hydrogen-bond acceptors (Lipinski definition) is 5. The molecule has 0 saturated carbocycles. The molecule has 106 valence electrons. The smallest absolute Gasteiger partial charge is 0.341 e. The summed E-state index contributed by atoms with van der Waals surface area (Å²) in [6.45, 7) is 0. The molecule has 6 heteroatoms. The molecule has 2 aromatic rings. The number of anilines is 1. The van der Waals surface area contributed by atoms with E-state index < -0.39 is 11.9 Å². The third-order valence-corrected chi connectivity index (χ3v) is 3.65. The number of carbonyl (C=O) groups excluding carboxylic acids is 2. The van der Waals surface area contributed by atoms with Gasteiger partial charge in [0.25, 0.3) is 0 Å². The number of nitrogens with zero attached hydrogens (tertiary/aromatic N) is 1. The van der Waals surface area contributed by atoms with Gasteiger partial charge in [0.15, 0.2) is 0 Å². The van der Waals surface area contributed by atoms with E-state index in [0.717, 1.165) is 5.56 Å². The molecule has 1 heterocycles. The van der Waals surface area contributed by atoms with Gasteiger partial charge in [0.05, 0.1) is 13.2 Å². The quantitative estimate of drug-likeness (QED) is 0.880. The standard InChI is InChI=1S/C15H12N2O3S/c1-20-15(19)13-11(10-5-3-2-4-6-10)9-21-14(13)17-12(18)7-8-16/h2-6,9H,7H2,1H3,(H,17,18). The molecule has 0 aliphatic carbocycles. The minimum Gasteiger partial charge on any atom is -0.465 e. The van der Waals surface area contributed by atoms with E-state index in [1.54, 1.807) is 11.4 Å². The fourth-order valence-corrected chi connectivity index (χ4v) is 2.80. The van der Waals surface area contributed by atoms with Crippen molar-refractivity contribution in [1.82, 2.24) is 0 Å². The normalized spacial score (nSPS) is 9.71. The molecule has 0 spiro atoms. The average Bonchev–Trinajstić information content (AvgIpc) is 2.91. The first kappa shape index (κ1) is 14.8. The number of nitrogens with one attached hydrogen (secondary N) is 1. The van der Waals surface area contributed by atoms with Gasteiger partial charge in [-0.15, -0.1) is 11.3 Å². The number of carbonyl (C=O) groups is 2. The third-order valence-electron chi connectivity index (χ3n) is 2.76. The summed E-state index contributed by atoms with van der Waals surface area (Å²) >= 11 is 1.23. The molecule has 1 aromatic carbocycles. The van der Waals surface area contributed by atoms with Crippen LogP contribution in [0.1, 0.15) is 16.8 Å². The van der Waals surface area contributed by atoms with E-state index in [4.69, 9.17) is 10.00 Å². The number of thiophene rings is 1. The van der Waals surface area contributed by atoms with Crippen LogP contribution in [-0.2, 0) is 9.53 Å². The van der Waals surface area contributed by atoms with Crippen LogP contribution in [0.5, 0.6) is 0 Å². The van der Waals surface area contributed by atoms with Crippen LogP contribution in [0.15, 0.2) is 35.7 Å². The second-order valence-electron chi connectivity index (χ2n) is 4.09. The second kappa shape index (κ2) is 6.68. The van der Waals surface area contributed by atoms with Gasteiger partial charge in [0.1, 0.15) is 17.0 Å². The van der Waals surface area contributed by atoms with Crippen LogP contribution < -0.4 is 5.32 Å². The van der Waals surface area contributed by atoms with E-state index in [1.807, 2.05) is 30.3 Å². The van der Waals surface area contributed by atoms with Crippen molar-refractivity contribution in [1.29, 1.82) is 5.26 Å². The summed E-state index contributed by atoms with van der Waals surface area (Å²) in [6.07, 6.45) is -0.265. The highest BCUT2D eigenvalue weighted by atomic mass is 32.1. The molecule has 1 aromatic heterocycles. The lowest BCUT2D eigenvalue weighted by molar-refractivity contribution is -0.115. The average molecular weight is 300 g/mol. The molecule has 0 aliphatic heterocycles. The van der Waals surface area contributed by atoms with E-state index in [1.165, 1.54) is 18.4 Å². The molecule has 1 amide bonds. The van der Waals surface area contributed by atoms with Crippen LogP contribution in [0.4, 0.5) is 5.00 Å². The molecule has 0 unspecified atom stereocenters. The van der Waals surface area contributed by atoms with Crippen molar-refractivity contribution in [2.45, 2.75) is 6.42 Å². The summed E-state index contributed by atoms with van der Waals surface area (Å²) in [5, 5.41) is 13.3. The Kier molecular flexibility index (Phi) is 4.69. The molecule has 0 atom stereocenters. The van der Waals surface area contributed by atoms with E-state index in [2.05, 4.69) is 5.32 Å². The fourth-order valence-electron chi connectivity index (χ4n) is 1.83. The van der Waals surface area contributed by atoms with Gasteiger partial charge >= 0.3 is 5.97 Å². The predicted octanol–water partition coefficient (Wildman–Crippen LogP) is 3.05. The zero-order valence-corrected chi connectivity index (χ0v) is 12.1. The Morgan fingerprint density at radius 1 is 1.33 bits per heavy atom. The highest BCUT2D eigenvalue weighted by molar-refractivity contribution is 7.15. The van der Waals surface area contributed by atoms with Crippen molar-refractivity contribution in [3.63, 3.8) is 0 Å². The first-order valence-corrected chi connectivity index (χ1v) is 6.97. The number of rotatable bonds is 4. The van der Waals surface area contributed by atoms with Crippen LogP contribution in [0.25, 0.3) is 11.1 Å². The summed E-state index contributed by atoms with van der Waals surface area (Å²) in [5.74, 6) is -0.980. The molecule has 0 aliphatic rings. The number of nitriles is 1. The maximum absolute atomic E-state index is 12.0. The molecular formula is C15H12N2O3S. The van der Waals surface area contributed by atoms with Gasteiger partial charge in [-0.2, -0.15) is 5.26 Å². The Balaban J connectivity index is 2.44. The summed E-state index contributed by atoms with van der Waals surface area (Å²) in [5.41, 5.74) is 1.86. The molecule has 0 radical (unpaired) electrons. The minimum absolute atomic E-state index is 0.265. The van der Waals surface area contributed by atoms with Crippen LogP contribution in [0, 0.1) is 11.3 Å². The van der Waals surface area contributed by atoms with Gasteiger partial charge in [0, 0.05) is 10.9 Å². The monoisotopic (exact) mass is 300 g/mol. The summed E-state index contributed by atoms with van der Waals surface area (Å²) in [7, 11) is 1.29. The van der Waals surface area contributed by atoms with Crippen molar-refractivity contribution in [2.24, 2.45) is 0 Å². The Morgan fingerprint density at radius 3 is 2.67 bits per heavy atom. The van der Waals surface area contributed by atoms with Crippen LogP contribution in [-0.4, -0.2) is 19.0 Å². The Bertz CT molecular complexity index is 701. The topological polar surface area (TPSA) is 79.2 Å². The highest BCUT2D eigenvalue weighted by Crippen LogP contribution is 2.36. The molecule has 1 N–H and O–H groups in total. The van der Waals surface area contributed by atoms with Crippen molar-refractivity contribution in [3.05, 3.63) is 41.3 Å². The van der Waals surface area contributed by atoms with E-state index in [-0.39, 0.29) is 6.42 Å². The second-order valence-corrected chi connectivity index (χ2v) is 4.97. The lowest BCUT2D eigenvalue weighted by Crippen LogP contribution is -2.13. The highest BCUT2D eigenvalue weighted by Gasteiger charge is 2.22. The minimum atomic E-state index is -0.526. The molecule has 2 rings (SSSR count). The number of ether oxygens (including phenoxy) is 1. The lowest BCUT2D eigenvalue weighted by atomic mass is 10.0. The van der Waals surface area contributed by atoms with Crippen LogP contribution in [0.3, 0.4) is 0 Å². The van der Waals surface area contributed by atoms with Gasteiger partial charge in [0.2, 0.25) is 5.91 Å². The molecule has 0 bridgehead atoms. The summed E-state index contributed by atoms with van der Waals surface area (Å²) in [4.78, 5) is 23.5. The maximum atomic E-state index is 12.0. The first-order valence-electron chi connectivity index (χ1n) is 6.09. The Hall–Kier alpha value is -2.65. The van der Waals surface area contributed by atoms with Crippen molar-refractivity contribution in [2.75, 3.05) is 12.4 Å². The summed E-state index contributed by atoms with van der Waals surface area (Å²) < 4.78 is 4.79. The number of methoxy groups -OCH3 is 1. The van der Waals surface area contributed by atoms with Crippen molar-refractivity contribution >= 4 is 28.2 Å². The zero-order valence-electron chi connectivity index (χ0n) is 11.3. The SMILES string of the molecule is COC(=O)c1c(-c2ccccc2)csc1NC(=O)CC#N. The Labute approximate surface area is 125 Å². The molecule has 5 nitrogen and oxygen atoms in total. The number of benzene rings is 1. The number of esters is 1. The number of hydrogen-bond donors (Lipinski definition) is 1.